The van der Waals surface area contributed by atoms with Gasteiger partial charge in [0.1, 0.15) is 5.82 Å². The zero-order valence-corrected chi connectivity index (χ0v) is 14.2. The Kier molecular flexibility index (Phi) is 6.47. The lowest BCUT2D eigenvalue weighted by Crippen LogP contribution is -2.35. The third-order valence-electron chi connectivity index (χ3n) is 3.88. The van der Waals surface area contributed by atoms with Crippen LogP contribution in [-0.4, -0.2) is 23.6 Å². The fourth-order valence-electron chi connectivity index (χ4n) is 2.50. The van der Waals surface area contributed by atoms with E-state index >= 15 is 0 Å². The number of aromatic nitrogens is 1. The highest BCUT2D eigenvalue weighted by atomic mass is 15.2. The number of pyridine rings is 1. The van der Waals surface area contributed by atoms with Gasteiger partial charge in [-0.2, -0.15) is 0 Å². The van der Waals surface area contributed by atoms with E-state index < -0.39 is 0 Å². The average Bonchev–Trinajstić information content (AvgIpc) is 2.37. The molecule has 1 aromatic heterocycles. The molecule has 3 nitrogen and oxygen atoms in total. The molecule has 0 aliphatic carbocycles. The Morgan fingerprint density at radius 1 is 1.20 bits per heavy atom. The summed E-state index contributed by atoms with van der Waals surface area (Å²) in [4.78, 5) is 7.27. The molecule has 0 bridgehead atoms. The molecule has 1 N–H and O–H groups in total. The van der Waals surface area contributed by atoms with Gasteiger partial charge in [-0.1, -0.05) is 20.8 Å². The van der Waals surface area contributed by atoms with Gasteiger partial charge in [-0.15, -0.1) is 0 Å². The van der Waals surface area contributed by atoms with Gasteiger partial charge < -0.3 is 10.2 Å². The predicted octanol–water partition coefficient (Wildman–Crippen LogP) is 3.82. The van der Waals surface area contributed by atoms with E-state index in [1.54, 1.807) is 0 Å². The summed E-state index contributed by atoms with van der Waals surface area (Å²) in [6.07, 6.45) is 1.14. The molecule has 20 heavy (non-hydrogen) atoms. The number of aryl methyl sites for hydroxylation is 2. The van der Waals surface area contributed by atoms with Gasteiger partial charge in [-0.25, -0.2) is 4.98 Å². The van der Waals surface area contributed by atoms with Crippen LogP contribution in [0.3, 0.4) is 0 Å². The van der Waals surface area contributed by atoms with Crippen molar-refractivity contribution in [2.45, 2.75) is 73.5 Å². The first kappa shape index (κ1) is 17.0. The Morgan fingerprint density at radius 2 is 1.85 bits per heavy atom. The van der Waals surface area contributed by atoms with E-state index in [-0.39, 0.29) is 0 Å². The maximum atomic E-state index is 4.84. The van der Waals surface area contributed by atoms with Crippen LogP contribution < -0.4 is 10.2 Å². The molecule has 1 heterocycles. The summed E-state index contributed by atoms with van der Waals surface area (Å²) in [7, 11) is 0. The summed E-state index contributed by atoms with van der Waals surface area (Å²) in [6.45, 7) is 17.3. The van der Waals surface area contributed by atoms with Crippen molar-refractivity contribution in [3.63, 3.8) is 0 Å². The quantitative estimate of drug-likeness (QED) is 0.821. The molecule has 0 amide bonds. The molecule has 0 saturated heterocycles. The Bertz CT molecular complexity index is 426. The number of rotatable bonds is 7. The molecule has 0 aromatic carbocycles. The highest BCUT2D eigenvalue weighted by molar-refractivity contribution is 5.52. The van der Waals surface area contributed by atoms with Crippen molar-refractivity contribution in [3.05, 3.63) is 22.9 Å². The van der Waals surface area contributed by atoms with Crippen LogP contribution in [0.25, 0.3) is 0 Å². The van der Waals surface area contributed by atoms with Gasteiger partial charge in [-0.05, 0) is 45.7 Å². The van der Waals surface area contributed by atoms with E-state index in [0.29, 0.717) is 12.1 Å². The fraction of sp³-hybridized carbons (Fsp3) is 0.706. The van der Waals surface area contributed by atoms with E-state index in [1.807, 2.05) is 0 Å². The second kappa shape index (κ2) is 7.63. The van der Waals surface area contributed by atoms with Crippen molar-refractivity contribution in [2.75, 3.05) is 11.4 Å². The van der Waals surface area contributed by atoms with Crippen molar-refractivity contribution >= 4 is 5.82 Å². The van der Waals surface area contributed by atoms with Crippen molar-refractivity contribution in [3.8, 4) is 0 Å². The number of nitrogens with one attached hydrogen (secondary N) is 1. The molecule has 0 saturated carbocycles. The minimum Gasteiger partial charge on any atom is -0.354 e. The van der Waals surface area contributed by atoms with Crippen LogP contribution in [0.4, 0.5) is 5.82 Å². The summed E-state index contributed by atoms with van der Waals surface area (Å²) < 4.78 is 0. The fourth-order valence-corrected chi connectivity index (χ4v) is 2.50. The monoisotopic (exact) mass is 277 g/mol. The van der Waals surface area contributed by atoms with E-state index in [2.05, 4.69) is 64.7 Å². The van der Waals surface area contributed by atoms with Gasteiger partial charge in [0.25, 0.3) is 0 Å². The highest BCUT2D eigenvalue weighted by Gasteiger charge is 2.18. The van der Waals surface area contributed by atoms with Gasteiger partial charge in [0.15, 0.2) is 0 Å². The molecule has 0 fully saturated rings. The van der Waals surface area contributed by atoms with Crippen molar-refractivity contribution in [2.24, 2.45) is 0 Å². The molecule has 1 atom stereocenters. The van der Waals surface area contributed by atoms with E-state index in [9.17, 15) is 0 Å². The highest BCUT2D eigenvalue weighted by Crippen LogP contribution is 2.25. The normalized spacial score (nSPS) is 12.8. The van der Waals surface area contributed by atoms with Gasteiger partial charge in [0.2, 0.25) is 0 Å². The van der Waals surface area contributed by atoms with Crippen LogP contribution >= 0.6 is 0 Å². The molecule has 1 unspecified atom stereocenters. The number of hydrogen-bond acceptors (Lipinski definition) is 3. The summed E-state index contributed by atoms with van der Waals surface area (Å²) in [6, 6.07) is 3.19. The molecule has 114 valence electrons. The van der Waals surface area contributed by atoms with Crippen LogP contribution in [0.2, 0.25) is 0 Å². The molecule has 0 spiro atoms. The average molecular weight is 277 g/mol. The van der Waals surface area contributed by atoms with Gasteiger partial charge in [-0.3, -0.25) is 0 Å². The minimum absolute atomic E-state index is 0.488. The predicted molar refractivity (Wildman–Crippen MR) is 88.5 cm³/mol. The van der Waals surface area contributed by atoms with Gasteiger partial charge >= 0.3 is 0 Å². The van der Waals surface area contributed by atoms with Crippen LogP contribution in [-0.2, 0) is 6.54 Å². The standard InChI is InChI=1S/C17H31N3/c1-8-15(7)20(9-2)17-16(11-18-12(3)4)13(5)10-14(6)19-17/h10,12,15,18H,8-9,11H2,1-7H3. The SMILES string of the molecule is CCC(C)N(CC)c1nc(C)cc(C)c1CNC(C)C. The lowest BCUT2D eigenvalue weighted by atomic mass is 10.1. The summed E-state index contributed by atoms with van der Waals surface area (Å²) in [5.41, 5.74) is 3.78. The zero-order valence-electron chi connectivity index (χ0n) is 14.2. The van der Waals surface area contributed by atoms with E-state index in [1.165, 1.54) is 11.1 Å². The molecular weight excluding hydrogens is 246 g/mol. The van der Waals surface area contributed by atoms with E-state index in [0.717, 1.165) is 31.0 Å². The maximum Gasteiger partial charge on any atom is 0.133 e. The van der Waals surface area contributed by atoms with Crippen molar-refractivity contribution in [1.29, 1.82) is 0 Å². The molecule has 3 heteroatoms. The first-order chi connectivity index (χ1) is 9.40. The lowest BCUT2D eigenvalue weighted by Gasteiger charge is -2.31. The van der Waals surface area contributed by atoms with Gasteiger partial charge in [0, 0.05) is 36.4 Å². The van der Waals surface area contributed by atoms with Crippen LogP contribution in [0.1, 0.15) is 57.9 Å². The lowest BCUT2D eigenvalue weighted by molar-refractivity contribution is 0.577. The summed E-state index contributed by atoms with van der Waals surface area (Å²) in [5, 5.41) is 3.53. The third kappa shape index (κ3) is 4.20. The second-order valence-electron chi connectivity index (χ2n) is 5.96. The van der Waals surface area contributed by atoms with Crippen LogP contribution in [0.15, 0.2) is 6.07 Å². The van der Waals surface area contributed by atoms with Crippen LogP contribution in [0.5, 0.6) is 0 Å². The number of anilines is 1. The molecule has 0 radical (unpaired) electrons. The van der Waals surface area contributed by atoms with Crippen LogP contribution in [0, 0.1) is 13.8 Å². The smallest absolute Gasteiger partial charge is 0.133 e. The third-order valence-corrected chi connectivity index (χ3v) is 3.88. The van der Waals surface area contributed by atoms with E-state index in [4.69, 9.17) is 4.98 Å². The summed E-state index contributed by atoms with van der Waals surface area (Å²) >= 11 is 0. The zero-order chi connectivity index (χ0) is 15.3. The molecule has 0 aliphatic heterocycles. The maximum absolute atomic E-state index is 4.84. The Labute approximate surface area is 124 Å². The Morgan fingerprint density at radius 3 is 2.35 bits per heavy atom. The Hall–Kier alpha value is -1.09. The first-order valence-corrected chi connectivity index (χ1v) is 7.87. The van der Waals surface area contributed by atoms with Crippen molar-refractivity contribution < 1.29 is 0 Å². The minimum atomic E-state index is 0.488. The molecule has 0 aliphatic rings. The first-order valence-electron chi connectivity index (χ1n) is 7.87. The number of hydrogen-bond donors (Lipinski definition) is 1. The summed E-state index contributed by atoms with van der Waals surface area (Å²) in [5.74, 6) is 1.16. The van der Waals surface area contributed by atoms with Crippen molar-refractivity contribution in [1.82, 2.24) is 10.3 Å². The molecule has 1 rings (SSSR count). The largest absolute Gasteiger partial charge is 0.354 e. The Balaban J connectivity index is 3.20. The second-order valence-corrected chi connectivity index (χ2v) is 5.96. The molecular formula is C17H31N3. The van der Waals surface area contributed by atoms with Gasteiger partial charge in [0.05, 0.1) is 0 Å². The topological polar surface area (TPSA) is 28.2 Å². The molecule has 1 aromatic rings. The number of nitrogens with zero attached hydrogens (tertiary/aromatic N) is 2.